The summed E-state index contributed by atoms with van der Waals surface area (Å²) in [7, 11) is 0. The molecular weight excluding hydrogens is 358 g/mol. The Bertz CT molecular complexity index is 765. The van der Waals surface area contributed by atoms with Crippen molar-refractivity contribution in [3.63, 3.8) is 0 Å². The van der Waals surface area contributed by atoms with Gasteiger partial charge in [-0.25, -0.2) is 4.79 Å². The zero-order chi connectivity index (χ0) is 19.3. The van der Waals surface area contributed by atoms with E-state index in [-0.39, 0.29) is 17.7 Å². The van der Waals surface area contributed by atoms with Crippen LogP contribution in [0.2, 0.25) is 5.02 Å². The van der Waals surface area contributed by atoms with Crippen LogP contribution in [0, 0.1) is 0 Å². The number of carbonyl (C=O) groups is 2. The summed E-state index contributed by atoms with van der Waals surface area (Å²) in [6.07, 6.45) is 1.09. The van der Waals surface area contributed by atoms with Crippen LogP contribution in [0.15, 0.2) is 28.8 Å². The molecule has 2 rings (SSSR count). The maximum absolute atomic E-state index is 12.1. The molecule has 0 bridgehead atoms. The van der Waals surface area contributed by atoms with Gasteiger partial charge in [-0.2, -0.15) is 4.98 Å². The van der Waals surface area contributed by atoms with E-state index in [9.17, 15) is 14.7 Å². The Balaban J connectivity index is 1.87. The van der Waals surface area contributed by atoms with E-state index in [1.54, 1.807) is 24.3 Å². The summed E-state index contributed by atoms with van der Waals surface area (Å²) >= 11 is 5.80. The predicted molar refractivity (Wildman–Crippen MR) is 95.9 cm³/mol. The summed E-state index contributed by atoms with van der Waals surface area (Å²) in [5.41, 5.74) is 0.258. The molecule has 1 amide bonds. The molecule has 0 fully saturated rings. The molecule has 1 atom stereocenters. The zero-order valence-electron chi connectivity index (χ0n) is 15.0. The lowest BCUT2D eigenvalue weighted by atomic mass is 9.96. The fraction of sp³-hybridized carbons (Fsp3) is 0.444. The maximum Gasteiger partial charge on any atom is 0.330 e. The van der Waals surface area contributed by atoms with Gasteiger partial charge in [0.25, 0.3) is 0 Å². The molecule has 1 aromatic heterocycles. The van der Waals surface area contributed by atoms with Gasteiger partial charge in [0, 0.05) is 23.3 Å². The van der Waals surface area contributed by atoms with E-state index < -0.39 is 12.0 Å². The van der Waals surface area contributed by atoms with Gasteiger partial charge in [-0.05, 0) is 24.1 Å². The molecule has 2 N–H and O–H groups in total. The third kappa shape index (κ3) is 5.56. The highest BCUT2D eigenvalue weighted by atomic mass is 35.5. The second-order valence-corrected chi connectivity index (χ2v) is 7.44. The van der Waals surface area contributed by atoms with Gasteiger partial charge in [-0.3, -0.25) is 4.79 Å². The number of amides is 1. The maximum atomic E-state index is 12.1. The molecule has 1 heterocycles. The average molecular weight is 380 g/mol. The fourth-order valence-corrected chi connectivity index (χ4v) is 2.36. The Hall–Kier alpha value is -2.41. The van der Waals surface area contributed by atoms with Crippen LogP contribution in [0.1, 0.15) is 56.9 Å². The van der Waals surface area contributed by atoms with E-state index in [0.29, 0.717) is 35.1 Å². The lowest BCUT2D eigenvalue weighted by Gasteiger charge is -2.15. The van der Waals surface area contributed by atoms with Gasteiger partial charge in [0.15, 0.2) is 11.9 Å². The Morgan fingerprint density at radius 3 is 2.46 bits per heavy atom. The Labute approximate surface area is 156 Å². The summed E-state index contributed by atoms with van der Waals surface area (Å²) < 4.78 is 5.17. The number of aliphatic carboxylic acids is 1. The molecule has 0 saturated heterocycles. The summed E-state index contributed by atoms with van der Waals surface area (Å²) in [4.78, 5) is 27.8. The molecule has 0 radical (unpaired) electrons. The van der Waals surface area contributed by atoms with Crippen molar-refractivity contribution in [2.75, 3.05) is 0 Å². The minimum atomic E-state index is -1.13. The molecule has 1 aromatic carbocycles. The number of carboxylic acids is 1. The van der Waals surface area contributed by atoms with Gasteiger partial charge in [0.1, 0.15) is 0 Å². The SMILES string of the molecule is CC(C)(C)c1noc(CCCC(=O)NC(C(=O)O)c2ccc(Cl)cc2)n1. The van der Waals surface area contributed by atoms with Crippen molar-refractivity contribution in [3.8, 4) is 0 Å². The molecule has 0 spiro atoms. The van der Waals surface area contributed by atoms with Crippen LogP contribution in [-0.2, 0) is 21.4 Å². The number of benzene rings is 1. The van der Waals surface area contributed by atoms with Gasteiger partial charge in [-0.1, -0.05) is 49.7 Å². The van der Waals surface area contributed by atoms with Crippen LogP contribution in [0.25, 0.3) is 0 Å². The molecule has 0 aliphatic heterocycles. The summed E-state index contributed by atoms with van der Waals surface area (Å²) in [6, 6.07) is 5.21. The van der Waals surface area contributed by atoms with Crippen LogP contribution in [-0.4, -0.2) is 27.1 Å². The molecule has 140 valence electrons. The topological polar surface area (TPSA) is 105 Å². The first-order valence-electron chi connectivity index (χ1n) is 8.27. The second-order valence-electron chi connectivity index (χ2n) is 7.01. The zero-order valence-corrected chi connectivity index (χ0v) is 15.7. The first-order valence-corrected chi connectivity index (χ1v) is 8.65. The first-order chi connectivity index (χ1) is 12.2. The molecule has 26 heavy (non-hydrogen) atoms. The lowest BCUT2D eigenvalue weighted by molar-refractivity contribution is -0.142. The molecule has 2 aromatic rings. The molecule has 1 unspecified atom stereocenters. The summed E-state index contributed by atoms with van der Waals surface area (Å²) in [5.74, 6) is -0.406. The highest BCUT2D eigenvalue weighted by molar-refractivity contribution is 6.30. The normalized spacial score (nSPS) is 12.6. The monoisotopic (exact) mass is 379 g/mol. The number of nitrogens with one attached hydrogen (secondary N) is 1. The van der Waals surface area contributed by atoms with Crippen molar-refractivity contribution in [3.05, 3.63) is 46.6 Å². The van der Waals surface area contributed by atoms with Gasteiger partial charge < -0.3 is 14.9 Å². The number of hydrogen-bond donors (Lipinski definition) is 2. The quantitative estimate of drug-likeness (QED) is 0.764. The average Bonchev–Trinajstić information content (AvgIpc) is 3.02. The first kappa shape index (κ1) is 19.9. The predicted octanol–water partition coefficient (Wildman–Crippen LogP) is 3.29. The summed E-state index contributed by atoms with van der Waals surface area (Å²) in [5, 5.41) is 16.3. The Morgan fingerprint density at radius 2 is 1.92 bits per heavy atom. The molecule has 0 saturated carbocycles. The number of carboxylic acid groups (broad SMARTS) is 1. The van der Waals surface area contributed by atoms with Crippen molar-refractivity contribution in [1.82, 2.24) is 15.5 Å². The van der Waals surface area contributed by atoms with Gasteiger partial charge in [-0.15, -0.1) is 0 Å². The standard InChI is InChI=1S/C18H22ClN3O4/c1-18(2,3)17-21-14(26-22-17)6-4-5-13(23)20-15(16(24)25)11-7-9-12(19)10-8-11/h7-10,15H,4-6H2,1-3H3,(H,20,23)(H,24,25). The highest BCUT2D eigenvalue weighted by Gasteiger charge is 2.23. The van der Waals surface area contributed by atoms with Crippen molar-refractivity contribution in [2.45, 2.75) is 51.5 Å². The molecule has 0 aliphatic carbocycles. The van der Waals surface area contributed by atoms with Gasteiger partial charge in [0.05, 0.1) is 0 Å². The number of aryl methyl sites for hydroxylation is 1. The van der Waals surface area contributed by atoms with E-state index in [1.807, 2.05) is 20.8 Å². The Kier molecular flexibility index (Phi) is 6.37. The van der Waals surface area contributed by atoms with E-state index in [1.165, 1.54) is 0 Å². The van der Waals surface area contributed by atoms with E-state index in [4.69, 9.17) is 16.1 Å². The molecule has 7 nitrogen and oxygen atoms in total. The van der Waals surface area contributed by atoms with Gasteiger partial charge in [0.2, 0.25) is 11.8 Å². The van der Waals surface area contributed by atoms with E-state index in [2.05, 4.69) is 15.5 Å². The number of rotatable bonds is 7. The number of carbonyl (C=O) groups excluding carboxylic acids is 1. The molecule has 8 heteroatoms. The third-order valence-electron chi connectivity index (χ3n) is 3.69. The van der Waals surface area contributed by atoms with E-state index in [0.717, 1.165) is 0 Å². The molecule has 0 aliphatic rings. The van der Waals surface area contributed by atoms with Crippen molar-refractivity contribution in [2.24, 2.45) is 0 Å². The highest BCUT2D eigenvalue weighted by Crippen LogP contribution is 2.19. The van der Waals surface area contributed by atoms with Crippen molar-refractivity contribution in [1.29, 1.82) is 0 Å². The van der Waals surface area contributed by atoms with Crippen LogP contribution in [0.5, 0.6) is 0 Å². The smallest absolute Gasteiger partial charge is 0.330 e. The minimum absolute atomic E-state index is 0.157. The van der Waals surface area contributed by atoms with E-state index >= 15 is 0 Å². The minimum Gasteiger partial charge on any atom is -0.479 e. The van der Waals surface area contributed by atoms with Crippen LogP contribution >= 0.6 is 11.6 Å². The van der Waals surface area contributed by atoms with Crippen LogP contribution in [0.4, 0.5) is 0 Å². The van der Waals surface area contributed by atoms with Crippen molar-refractivity contribution < 1.29 is 19.2 Å². The van der Waals surface area contributed by atoms with Crippen LogP contribution < -0.4 is 5.32 Å². The second kappa shape index (κ2) is 8.31. The number of hydrogen-bond acceptors (Lipinski definition) is 5. The number of nitrogens with zero attached hydrogens (tertiary/aromatic N) is 2. The third-order valence-corrected chi connectivity index (χ3v) is 3.94. The number of halogens is 1. The van der Waals surface area contributed by atoms with Gasteiger partial charge >= 0.3 is 5.97 Å². The molecular formula is C18H22ClN3O4. The largest absolute Gasteiger partial charge is 0.479 e. The van der Waals surface area contributed by atoms with Crippen LogP contribution in [0.3, 0.4) is 0 Å². The fourth-order valence-electron chi connectivity index (χ4n) is 2.24. The summed E-state index contributed by atoms with van der Waals surface area (Å²) in [6.45, 7) is 5.95. The van der Waals surface area contributed by atoms with Crippen molar-refractivity contribution >= 4 is 23.5 Å². The number of aromatic nitrogens is 2. The Morgan fingerprint density at radius 1 is 1.27 bits per heavy atom. The lowest BCUT2D eigenvalue weighted by Crippen LogP contribution is -2.33.